The Bertz CT molecular complexity index is 1060. The molecule has 0 saturated carbocycles. The van der Waals surface area contributed by atoms with E-state index in [1.807, 2.05) is 45.0 Å². The maximum atomic E-state index is 13.0. The zero-order chi connectivity index (χ0) is 27.2. The summed E-state index contributed by atoms with van der Waals surface area (Å²) in [6.45, 7) is 6.10. The number of hydrogen-bond donors (Lipinski definition) is 1. The van der Waals surface area contributed by atoms with E-state index in [0.29, 0.717) is 25.8 Å². The van der Waals surface area contributed by atoms with Gasteiger partial charge < -0.3 is 24.4 Å². The molecule has 0 unspecified atom stereocenters. The monoisotopic (exact) mass is 510 g/mol. The van der Waals surface area contributed by atoms with Crippen molar-refractivity contribution in [1.82, 2.24) is 9.80 Å². The average Bonchev–Trinajstić information content (AvgIpc) is 3.16. The number of ether oxygens (including phenoxy) is 2. The molecule has 0 fully saturated rings. The maximum Gasteiger partial charge on any atom is 0.410 e. The number of hydrogen-bond acceptors (Lipinski definition) is 5. The smallest absolute Gasteiger partial charge is 0.410 e. The molecule has 2 aromatic rings. The van der Waals surface area contributed by atoms with Crippen LogP contribution in [0, 0.1) is 0 Å². The van der Waals surface area contributed by atoms with Crippen LogP contribution in [0.15, 0.2) is 48.5 Å². The van der Waals surface area contributed by atoms with Crippen LogP contribution in [0.1, 0.15) is 63.5 Å². The molecule has 8 heteroatoms. The Kier molecular flexibility index (Phi) is 9.18. The zero-order valence-electron chi connectivity index (χ0n) is 22.4. The van der Waals surface area contributed by atoms with Crippen molar-refractivity contribution in [2.24, 2.45) is 0 Å². The van der Waals surface area contributed by atoms with Crippen LogP contribution in [-0.4, -0.2) is 72.0 Å². The number of rotatable bonds is 10. The van der Waals surface area contributed by atoms with Crippen LogP contribution < -0.4 is 0 Å². The summed E-state index contributed by atoms with van der Waals surface area (Å²) in [6, 6.07) is 15.7. The van der Waals surface area contributed by atoms with Gasteiger partial charge in [0.15, 0.2) is 0 Å². The number of benzene rings is 2. The fourth-order valence-corrected chi connectivity index (χ4v) is 4.64. The van der Waals surface area contributed by atoms with Crippen LogP contribution in [0.2, 0.25) is 0 Å². The number of amides is 2. The van der Waals surface area contributed by atoms with E-state index in [-0.39, 0.29) is 18.9 Å². The normalized spacial score (nSPS) is 13.3. The first-order valence-corrected chi connectivity index (χ1v) is 12.7. The lowest BCUT2D eigenvalue weighted by Gasteiger charge is -2.28. The molecule has 0 bridgehead atoms. The molecule has 0 aliphatic heterocycles. The predicted octanol–water partition coefficient (Wildman–Crippen LogP) is 5.75. The van der Waals surface area contributed by atoms with Crippen LogP contribution in [0.4, 0.5) is 9.59 Å². The second-order valence-corrected chi connectivity index (χ2v) is 10.6. The number of nitrogens with zero attached hydrogens (tertiary/aromatic N) is 2. The molecule has 200 valence electrons. The van der Waals surface area contributed by atoms with Crippen molar-refractivity contribution in [3.05, 3.63) is 59.7 Å². The van der Waals surface area contributed by atoms with Crippen molar-refractivity contribution in [3.63, 3.8) is 0 Å². The Balaban J connectivity index is 1.55. The molecule has 1 N–H and O–H groups in total. The SMILES string of the molecule is CN(CCCC[C@@H](CC(=O)O)N(C)C(=O)OCC1c2ccccc2-c2ccccc21)C(=O)OC(C)(C)C. The van der Waals surface area contributed by atoms with E-state index >= 15 is 0 Å². The van der Waals surface area contributed by atoms with Gasteiger partial charge in [0.05, 0.1) is 6.42 Å². The lowest BCUT2D eigenvalue weighted by molar-refractivity contribution is -0.138. The van der Waals surface area contributed by atoms with Gasteiger partial charge in [-0.1, -0.05) is 48.5 Å². The Morgan fingerprint density at radius 2 is 1.49 bits per heavy atom. The Hall–Kier alpha value is -3.55. The minimum atomic E-state index is -0.978. The molecule has 3 rings (SSSR count). The summed E-state index contributed by atoms with van der Waals surface area (Å²) >= 11 is 0. The minimum Gasteiger partial charge on any atom is -0.481 e. The molecule has 2 aromatic carbocycles. The molecular weight excluding hydrogens is 472 g/mol. The molecule has 0 aromatic heterocycles. The standard InChI is InChI=1S/C29H38N2O6/c1-29(2,3)37-27(34)30(4)17-11-10-12-20(18-26(32)33)31(5)28(35)36-19-25-23-15-8-6-13-21(23)22-14-7-9-16-24(22)25/h6-9,13-16,20,25H,10-12,17-19H2,1-5H3,(H,32,33)/t20-/m0/s1. The predicted molar refractivity (Wildman–Crippen MR) is 142 cm³/mol. The highest BCUT2D eigenvalue weighted by Crippen LogP contribution is 2.44. The third kappa shape index (κ3) is 7.47. The van der Waals surface area contributed by atoms with Gasteiger partial charge in [-0.05, 0) is 62.3 Å². The number of carboxylic acid groups (broad SMARTS) is 1. The minimum absolute atomic E-state index is 0.0638. The molecule has 37 heavy (non-hydrogen) atoms. The largest absolute Gasteiger partial charge is 0.481 e. The van der Waals surface area contributed by atoms with E-state index in [0.717, 1.165) is 22.3 Å². The van der Waals surface area contributed by atoms with Crippen molar-refractivity contribution < 1.29 is 29.0 Å². The van der Waals surface area contributed by atoms with Crippen LogP contribution in [-0.2, 0) is 14.3 Å². The molecule has 1 aliphatic carbocycles. The molecule has 2 amide bonds. The van der Waals surface area contributed by atoms with Crippen LogP contribution in [0.5, 0.6) is 0 Å². The first-order chi connectivity index (χ1) is 17.5. The number of carbonyl (C=O) groups is 3. The van der Waals surface area contributed by atoms with E-state index in [1.165, 1.54) is 9.80 Å². The van der Waals surface area contributed by atoms with Crippen LogP contribution >= 0.6 is 0 Å². The van der Waals surface area contributed by atoms with Crippen molar-refractivity contribution in [3.8, 4) is 11.1 Å². The number of fused-ring (bicyclic) bond motifs is 3. The van der Waals surface area contributed by atoms with Crippen molar-refractivity contribution in [2.75, 3.05) is 27.2 Å². The third-order valence-electron chi connectivity index (χ3n) is 6.57. The maximum absolute atomic E-state index is 13.0. The van der Waals surface area contributed by atoms with Gasteiger partial charge in [0.1, 0.15) is 12.2 Å². The fourth-order valence-electron chi connectivity index (χ4n) is 4.64. The summed E-state index contributed by atoms with van der Waals surface area (Å²) in [7, 11) is 3.25. The van der Waals surface area contributed by atoms with E-state index < -0.39 is 29.8 Å². The number of carboxylic acids is 1. The highest BCUT2D eigenvalue weighted by molar-refractivity contribution is 5.79. The van der Waals surface area contributed by atoms with Crippen molar-refractivity contribution in [2.45, 2.75) is 64.0 Å². The lowest BCUT2D eigenvalue weighted by atomic mass is 9.98. The molecular formula is C29H38N2O6. The van der Waals surface area contributed by atoms with Gasteiger partial charge >= 0.3 is 18.2 Å². The summed E-state index contributed by atoms with van der Waals surface area (Å²) in [4.78, 5) is 39.5. The average molecular weight is 511 g/mol. The number of carbonyl (C=O) groups excluding carboxylic acids is 2. The van der Waals surface area contributed by atoms with Gasteiger partial charge in [-0.15, -0.1) is 0 Å². The van der Waals surface area contributed by atoms with E-state index in [1.54, 1.807) is 14.1 Å². The van der Waals surface area contributed by atoms with Gasteiger partial charge in [0.2, 0.25) is 0 Å². The lowest BCUT2D eigenvalue weighted by Crippen LogP contribution is -2.39. The molecule has 0 saturated heterocycles. The Morgan fingerprint density at radius 3 is 2.03 bits per heavy atom. The van der Waals surface area contributed by atoms with Crippen molar-refractivity contribution >= 4 is 18.2 Å². The Labute approximate surface area is 219 Å². The van der Waals surface area contributed by atoms with Gasteiger partial charge in [0.25, 0.3) is 0 Å². The first kappa shape index (κ1) is 28.0. The zero-order valence-corrected chi connectivity index (χ0v) is 22.4. The third-order valence-corrected chi connectivity index (χ3v) is 6.57. The summed E-state index contributed by atoms with van der Waals surface area (Å²) in [5.41, 5.74) is 3.97. The fraction of sp³-hybridized carbons (Fsp3) is 0.483. The van der Waals surface area contributed by atoms with E-state index in [9.17, 15) is 19.5 Å². The van der Waals surface area contributed by atoms with E-state index in [2.05, 4.69) is 24.3 Å². The molecule has 0 radical (unpaired) electrons. The molecule has 1 aliphatic rings. The number of unbranched alkanes of at least 4 members (excludes halogenated alkanes) is 1. The van der Waals surface area contributed by atoms with Gasteiger partial charge in [-0.3, -0.25) is 4.79 Å². The quantitative estimate of drug-likeness (QED) is 0.409. The highest BCUT2D eigenvalue weighted by atomic mass is 16.6. The topological polar surface area (TPSA) is 96.4 Å². The van der Waals surface area contributed by atoms with Gasteiger partial charge in [-0.2, -0.15) is 0 Å². The van der Waals surface area contributed by atoms with Gasteiger partial charge in [0, 0.05) is 32.6 Å². The van der Waals surface area contributed by atoms with Crippen LogP contribution in [0.3, 0.4) is 0 Å². The summed E-state index contributed by atoms with van der Waals surface area (Å²) < 4.78 is 11.1. The Morgan fingerprint density at radius 1 is 0.919 bits per heavy atom. The number of aliphatic carboxylic acids is 1. The van der Waals surface area contributed by atoms with E-state index in [4.69, 9.17) is 9.47 Å². The second kappa shape index (κ2) is 12.1. The van der Waals surface area contributed by atoms with Gasteiger partial charge in [-0.25, -0.2) is 9.59 Å². The highest BCUT2D eigenvalue weighted by Gasteiger charge is 2.30. The first-order valence-electron chi connectivity index (χ1n) is 12.7. The van der Waals surface area contributed by atoms with Crippen molar-refractivity contribution in [1.29, 1.82) is 0 Å². The molecule has 1 atom stereocenters. The summed E-state index contributed by atoms with van der Waals surface area (Å²) in [5.74, 6) is -1.04. The summed E-state index contributed by atoms with van der Waals surface area (Å²) in [6.07, 6.45) is 0.665. The second-order valence-electron chi connectivity index (χ2n) is 10.6. The molecule has 0 heterocycles. The molecule has 8 nitrogen and oxygen atoms in total. The summed E-state index contributed by atoms with van der Waals surface area (Å²) in [5, 5.41) is 9.41. The molecule has 0 spiro atoms. The van der Waals surface area contributed by atoms with Crippen LogP contribution in [0.25, 0.3) is 11.1 Å².